The van der Waals surface area contributed by atoms with E-state index in [1.807, 2.05) is 5.32 Å². The molecule has 0 saturated heterocycles. The van der Waals surface area contributed by atoms with Gasteiger partial charge in [-0.1, -0.05) is 0 Å². The van der Waals surface area contributed by atoms with Crippen LogP contribution in [0.25, 0.3) is 0 Å². The van der Waals surface area contributed by atoms with E-state index in [-0.39, 0.29) is 6.29 Å². The first-order chi connectivity index (χ1) is 13.8. The number of amides is 1. The summed E-state index contributed by atoms with van der Waals surface area (Å²) in [7, 11) is -5.24. The van der Waals surface area contributed by atoms with E-state index in [1.165, 1.54) is 0 Å². The summed E-state index contributed by atoms with van der Waals surface area (Å²) in [6.45, 7) is -0.0507. The summed E-state index contributed by atoms with van der Waals surface area (Å²) in [5.41, 5.74) is 0. The maximum atomic E-state index is 11.4. The van der Waals surface area contributed by atoms with Gasteiger partial charge in [-0.25, -0.2) is 8.98 Å². The Bertz CT molecular complexity index is 767. The molecule has 0 radical (unpaired) electrons. The molecule has 7 unspecified atom stereocenters. The molecule has 1 heterocycles. The van der Waals surface area contributed by atoms with E-state index in [4.69, 9.17) is 24.2 Å². The number of carbonyl (C=O) groups is 3. The molecule has 0 aromatic carbocycles. The average molecular weight is 459 g/mol. The first kappa shape index (κ1) is 25.9. The fourth-order valence-corrected chi connectivity index (χ4v) is 2.89. The number of aliphatic hydroxyl groups excluding tert-OH is 4. The lowest BCUT2D eigenvalue weighted by Gasteiger charge is -2.37. The predicted octanol–water partition coefficient (Wildman–Crippen LogP) is -4.34. The van der Waals surface area contributed by atoms with Gasteiger partial charge in [0.1, 0.15) is 36.7 Å². The van der Waals surface area contributed by atoms with E-state index in [0.717, 1.165) is 6.92 Å². The van der Waals surface area contributed by atoms with E-state index in [0.29, 0.717) is 6.08 Å². The first-order valence-electron chi connectivity index (χ1n) is 8.11. The number of aliphatic carboxylic acids is 1. The summed E-state index contributed by atoms with van der Waals surface area (Å²) in [6, 6.07) is -1.72. The number of aliphatic hydroxyl groups is 4. The predicted molar refractivity (Wildman–Crippen MR) is 90.7 cm³/mol. The minimum Gasteiger partial charge on any atom is -0.475 e. The van der Waals surface area contributed by atoms with Gasteiger partial charge in [0.05, 0.1) is 6.61 Å². The van der Waals surface area contributed by atoms with Crippen molar-refractivity contribution in [3.63, 3.8) is 0 Å². The zero-order valence-electron chi connectivity index (χ0n) is 15.3. The van der Waals surface area contributed by atoms with Gasteiger partial charge in [-0.3, -0.25) is 9.35 Å². The molecule has 1 aliphatic heterocycles. The van der Waals surface area contributed by atoms with Crippen LogP contribution in [0.3, 0.4) is 0 Å². The molecule has 7 N–H and O–H groups in total. The number of ether oxygens (including phenoxy) is 2. The second-order valence-electron chi connectivity index (χ2n) is 6.01. The van der Waals surface area contributed by atoms with Crippen molar-refractivity contribution in [2.45, 2.75) is 49.8 Å². The normalized spacial score (nSPS) is 25.8. The minimum absolute atomic E-state index is 0.0607. The van der Waals surface area contributed by atoms with Gasteiger partial charge in [-0.05, 0) is 6.08 Å². The number of hydrogen-bond donors (Lipinski definition) is 7. The maximum absolute atomic E-state index is 11.4. The molecule has 16 heteroatoms. The highest BCUT2D eigenvalue weighted by Gasteiger charge is 2.45. The van der Waals surface area contributed by atoms with Crippen LogP contribution in [0.1, 0.15) is 6.92 Å². The van der Waals surface area contributed by atoms with Gasteiger partial charge in [0.25, 0.3) is 0 Å². The monoisotopic (exact) mass is 459 g/mol. The third-order valence-corrected chi connectivity index (χ3v) is 4.16. The SMILES string of the molecule is CC(=O)NC(C=O)C(OC1OC(C(=O)O)=CC(O)C1OS(=O)(=O)O)C(O)C(O)CO. The Balaban J connectivity index is 3.34. The van der Waals surface area contributed by atoms with Crippen molar-refractivity contribution < 1.29 is 66.5 Å². The van der Waals surface area contributed by atoms with E-state index in [2.05, 4.69) is 4.18 Å². The number of nitrogens with one attached hydrogen (secondary N) is 1. The standard InChI is InChI=1S/C14H21NO14S/c1-5(18)15-6(3-16)11(10(21)8(20)4-17)28-14-12(29-30(24,25)26)7(19)2-9(27-14)13(22)23/h2-3,6-8,10-12,14,17,19-21H,4H2,1H3,(H,15,18)(H,22,23)(H,24,25,26). The molecule has 30 heavy (non-hydrogen) atoms. The molecule has 0 bridgehead atoms. The molecule has 7 atom stereocenters. The van der Waals surface area contributed by atoms with E-state index in [1.54, 1.807) is 0 Å². The Morgan fingerprint density at radius 2 is 1.97 bits per heavy atom. The Kier molecular flexibility index (Phi) is 9.25. The average Bonchev–Trinajstić information content (AvgIpc) is 2.64. The van der Waals surface area contributed by atoms with Crippen LogP contribution in [0, 0.1) is 0 Å². The van der Waals surface area contributed by atoms with Crippen molar-refractivity contribution in [3.05, 3.63) is 11.8 Å². The zero-order valence-corrected chi connectivity index (χ0v) is 16.1. The van der Waals surface area contributed by atoms with E-state index in [9.17, 15) is 38.1 Å². The molecular formula is C14H21NO14S. The number of aldehydes is 1. The molecule has 0 saturated carbocycles. The van der Waals surface area contributed by atoms with Gasteiger partial charge in [0.2, 0.25) is 18.0 Å². The van der Waals surface area contributed by atoms with Crippen molar-refractivity contribution in [2.75, 3.05) is 6.61 Å². The Morgan fingerprint density at radius 1 is 1.37 bits per heavy atom. The summed E-state index contributed by atoms with van der Waals surface area (Å²) < 4.78 is 45.3. The summed E-state index contributed by atoms with van der Waals surface area (Å²) in [5.74, 6) is -3.47. The molecule has 0 aromatic rings. The molecule has 1 aliphatic rings. The number of carboxylic acids is 1. The number of carboxylic acid groups (broad SMARTS) is 1. The van der Waals surface area contributed by atoms with Crippen LogP contribution in [0.15, 0.2) is 11.8 Å². The summed E-state index contributed by atoms with van der Waals surface area (Å²) >= 11 is 0. The highest BCUT2D eigenvalue weighted by atomic mass is 32.3. The second-order valence-corrected chi connectivity index (χ2v) is 7.05. The summed E-state index contributed by atoms with van der Waals surface area (Å²) in [4.78, 5) is 33.8. The van der Waals surface area contributed by atoms with Crippen LogP contribution >= 0.6 is 0 Å². The van der Waals surface area contributed by atoms with Crippen molar-refractivity contribution >= 4 is 28.6 Å². The van der Waals surface area contributed by atoms with Gasteiger partial charge >= 0.3 is 16.4 Å². The fourth-order valence-electron chi connectivity index (χ4n) is 2.40. The lowest BCUT2D eigenvalue weighted by molar-refractivity contribution is -0.243. The van der Waals surface area contributed by atoms with Gasteiger partial charge < -0.3 is 45.1 Å². The lowest BCUT2D eigenvalue weighted by atomic mass is 10.0. The van der Waals surface area contributed by atoms with Crippen LogP contribution < -0.4 is 5.32 Å². The molecule has 15 nitrogen and oxygen atoms in total. The van der Waals surface area contributed by atoms with Crippen LogP contribution in [0.4, 0.5) is 0 Å². The van der Waals surface area contributed by atoms with Gasteiger partial charge in [-0.2, -0.15) is 8.42 Å². The molecule has 1 amide bonds. The Hall–Kier alpha value is -2.18. The smallest absolute Gasteiger partial charge is 0.397 e. The fraction of sp³-hybridized carbons (Fsp3) is 0.643. The largest absolute Gasteiger partial charge is 0.475 e. The van der Waals surface area contributed by atoms with Gasteiger partial charge in [-0.15, -0.1) is 0 Å². The molecule has 1 rings (SSSR count). The van der Waals surface area contributed by atoms with Gasteiger partial charge in [0.15, 0.2) is 6.10 Å². The number of hydrogen-bond acceptors (Lipinski definition) is 12. The van der Waals surface area contributed by atoms with Crippen molar-refractivity contribution in [2.24, 2.45) is 0 Å². The van der Waals surface area contributed by atoms with Crippen molar-refractivity contribution in [1.82, 2.24) is 5.32 Å². The van der Waals surface area contributed by atoms with Crippen LogP contribution in [0.5, 0.6) is 0 Å². The lowest BCUT2D eigenvalue weighted by Crippen LogP contribution is -2.58. The third-order valence-electron chi connectivity index (χ3n) is 3.69. The Morgan fingerprint density at radius 3 is 2.40 bits per heavy atom. The minimum atomic E-state index is -5.24. The second kappa shape index (κ2) is 10.7. The van der Waals surface area contributed by atoms with Crippen molar-refractivity contribution in [3.8, 4) is 0 Å². The molecule has 172 valence electrons. The summed E-state index contributed by atoms with van der Waals surface area (Å²) in [5, 5.41) is 49.9. The van der Waals surface area contributed by atoms with Crippen molar-refractivity contribution in [1.29, 1.82) is 0 Å². The highest BCUT2D eigenvalue weighted by molar-refractivity contribution is 7.80. The molecular weight excluding hydrogens is 438 g/mol. The van der Waals surface area contributed by atoms with Gasteiger partial charge in [0, 0.05) is 6.92 Å². The molecule has 0 aromatic heterocycles. The zero-order chi connectivity index (χ0) is 23.2. The van der Waals surface area contributed by atoms with Crippen LogP contribution in [-0.4, -0.2) is 106 Å². The molecule has 0 fully saturated rings. The topological polar surface area (TPSA) is 246 Å². The summed E-state index contributed by atoms with van der Waals surface area (Å²) in [6.07, 6.45) is -11.8. The third kappa shape index (κ3) is 7.26. The quantitative estimate of drug-likeness (QED) is 0.114. The van der Waals surface area contributed by atoms with E-state index < -0.39 is 77.5 Å². The Labute approximate surface area is 169 Å². The van der Waals surface area contributed by atoms with E-state index >= 15 is 0 Å². The van der Waals surface area contributed by atoms with Crippen LogP contribution in [0.2, 0.25) is 0 Å². The molecule has 0 aliphatic carbocycles. The highest BCUT2D eigenvalue weighted by Crippen LogP contribution is 2.26. The number of rotatable bonds is 11. The first-order valence-corrected chi connectivity index (χ1v) is 9.47. The maximum Gasteiger partial charge on any atom is 0.397 e. The van der Waals surface area contributed by atoms with Crippen LogP contribution in [-0.2, 0) is 38.4 Å². The molecule has 0 spiro atoms. The number of carbonyl (C=O) groups excluding carboxylic acids is 2.